The monoisotopic (exact) mass is 462 g/mol. The summed E-state index contributed by atoms with van der Waals surface area (Å²) in [7, 11) is 2.03. The lowest BCUT2D eigenvalue weighted by Gasteiger charge is -2.42. The standard InChI is InChI=1S/C16H17F2IN4O2/c1-8-11(17)13-10-14(12(8)18)25-6-3-9-7-21(2)4-5-22(9)15(10)20-16(24)23(13)19/h9H,3-7H2,1-2H3. The van der Waals surface area contributed by atoms with E-state index in [2.05, 4.69) is 9.88 Å². The summed E-state index contributed by atoms with van der Waals surface area (Å²) in [5.74, 6) is -1.17. The maximum atomic E-state index is 14.8. The second-order valence-electron chi connectivity index (χ2n) is 6.55. The number of likely N-dealkylation sites (N-methyl/N-ethyl adjacent to an activating group) is 1. The number of rotatable bonds is 0. The van der Waals surface area contributed by atoms with Crippen molar-refractivity contribution in [3.8, 4) is 5.75 Å². The van der Waals surface area contributed by atoms with Gasteiger partial charge in [0.1, 0.15) is 11.3 Å². The molecule has 134 valence electrons. The highest BCUT2D eigenvalue weighted by Crippen LogP contribution is 2.41. The van der Waals surface area contributed by atoms with Gasteiger partial charge in [-0.1, -0.05) is 0 Å². The van der Waals surface area contributed by atoms with Crippen molar-refractivity contribution >= 4 is 39.6 Å². The van der Waals surface area contributed by atoms with Crippen molar-refractivity contribution in [2.45, 2.75) is 19.4 Å². The van der Waals surface area contributed by atoms with Gasteiger partial charge in [0.05, 0.1) is 34.9 Å². The van der Waals surface area contributed by atoms with E-state index in [1.165, 1.54) is 6.92 Å². The molecule has 4 rings (SSSR count). The van der Waals surface area contributed by atoms with Crippen LogP contribution >= 0.6 is 22.9 Å². The maximum absolute atomic E-state index is 14.8. The van der Waals surface area contributed by atoms with Crippen molar-refractivity contribution in [1.82, 2.24) is 12.7 Å². The van der Waals surface area contributed by atoms with E-state index in [0.717, 1.165) is 15.9 Å². The molecule has 0 radical (unpaired) electrons. The smallest absolute Gasteiger partial charge is 0.359 e. The molecule has 25 heavy (non-hydrogen) atoms. The highest BCUT2D eigenvalue weighted by Gasteiger charge is 2.34. The molecule has 1 unspecified atom stereocenters. The summed E-state index contributed by atoms with van der Waals surface area (Å²) in [4.78, 5) is 20.7. The molecule has 2 aromatic rings. The molecular formula is C16H17F2IN4O2. The second kappa shape index (κ2) is 6.04. The Labute approximate surface area is 156 Å². The van der Waals surface area contributed by atoms with Crippen molar-refractivity contribution in [2.75, 3.05) is 38.2 Å². The van der Waals surface area contributed by atoms with E-state index in [-0.39, 0.29) is 28.3 Å². The minimum Gasteiger partial charge on any atom is -0.490 e. The number of hydrogen-bond acceptors (Lipinski definition) is 5. The van der Waals surface area contributed by atoms with Gasteiger partial charge in [0, 0.05) is 37.7 Å². The van der Waals surface area contributed by atoms with Gasteiger partial charge >= 0.3 is 5.69 Å². The fourth-order valence-corrected chi connectivity index (χ4v) is 4.19. The van der Waals surface area contributed by atoms with Crippen LogP contribution < -0.4 is 15.3 Å². The van der Waals surface area contributed by atoms with Crippen LogP contribution in [-0.4, -0.2) is 52.0 Å². The number of nitrogens with zero attached hydrogens (tertiary/aromatic N) is 4. The topological polar surface area (TPSA) is 50.6 Å². The third-order valence-corrected chi connectivity index (χ3v) is 5.87. The highest BCUT2D eigenvalue weighted by atomic mass is 127. The molecular weight excluding hydrogens is 445 g/mol. The molecule has 3 heterocycles. The first-order valence-corrected chi connectivity index (χ1v) is 9.05. The number of piperazine rings is 1. The van der Waals surface area contributed by atoms with Gasteiger partial charge in [0.25, 0.3) is 0 Å². The van der Waals surface area contributed by atoms with Gasteiger partial charge in [-0.05, 0) is 14.0 Å². The van der Waals surface area contributed by atoms with Crippen LogP contribution in [0, 0.1) is 18.6 Å². The molecule has 0 N–H and O–H groups in total. The molecule has 0 bridgehead atoms. The zero-order chi connectivity index (χ0) is 17.9. The number of anilines is 1. The van der Waals surface area contributed by atoms with Crippen LogP contribution in [0.1, 0.15) is 12.0 Å². The van der Waals surface area contributed by atoms with Gasteiger partial charge < -0.3 is 14.5 Å². The predicted octanol–water partition coefficient (Wildman–Crippen LogP) is 2.08. The SMILES string of the molecule is Cc1c(F)c2c3c(nc(=O)n(I)c3c1F)N1CCN(C)CC1CCO2. The lowest BCUT2D eigenvalue weighted by Crippen LogP contribution is -2.53. The lowest BCUT2D eigenvalue weighted by atomic mass is 10.0. The first-order valence-electron chi connectivity index (χ1n) is 8.08. The fraction of sp³-hybridized carbons (Fsp3) is 0.500. The Morgan fingerprint density at radius 1 is 1.28 bits per heavy atom. The number of benzene rings is 1. The summed E-state index contributed by atoms with van der Waals surface area (Å²) in [6.45, 7) is 3.89. The summed E-state index contributed by atoms with van der Waals surface area (Å²) in [6, 6.07) is 0.0829. The van der Waals surface area contributed by atoms with Gasteiger partial charge in [0.15, 0.2) is 17.4 Å². The zero-order valence-corrected chi connectivity index (χ0v) is 16.0. The quantitative estimate of drug-likeness (QED) is 0.562. The summed E-state index contributed by atoms with van der Waals surface area (Å²) in [5.41, 5.74) is -0.693. The van der Waals surface area contributed by atoms with Crippen molar-refractivity contribution < 1.29 is 13.5 Å². The normalized spacial score (nSPS) is 20.8. The lowest BCUT2D eigenvalue weighted by molar-refractivity contribution is 0.222. The van der Waals surface area contributed by atoms with Gasteiger partial charge in [-0.2, -0.15) is 4.98 Å². The molecule has 1 fully saturated rings. The Hall–Kier alpha value is -1.49. The van der Waals surface area contributed by atoms with E-state index in [4.69, 9.17) is 4.74 Å². The van der Waals surface area contributed by atoms with Crippen molar-refractivity contribution in [2.24, 2.45) is 0 Å². The minimum absolute atomic E-state index is 0.0146. The molecule has 0 spiro atoms. The molecule has 0 amide bonds. The molecule has 2 aliphatic rings. The zero-order valence-electron chi connectivity index (χ0n) is 13.9. The van der Waals surface area contributed by atoms with Gasteiger partial charge in [-0.25, -0.2) is 16.4 Å². The molecule has 1 atom stereocenters. The van der Waals surface area contributed by atoms with Crippen molar-refractivity contribution in [3.05, 3.63) is 27.7 Å². The van der Waals surface area contributed by atoms with Crippen molar-refractivity contribution in [3.63, 3.8) is 0 Å². The van der Waals surface area contributed by atoms with Crippen LogP contribution in [0.2, 0.25) is 0 Å². The molecule has 9 heteroatoms. The van der Waals surface area contributed by atoms with E-state index in [9.17, 15) is 13.6 Å². The van der Waals surface area contributed by atoms with Crippen molar-refractivity contribution in [1.29, 1.82) is 0 Å². The van der Waals surface area contributed by atoms with Crippen LogP contribution in [0.3, 0.4) is 0 Å². The number of halogens is 3. The molecule has 6 nitrogen and oxygen atoms in total. The average Bonchev–Trinajstić information content (AvgIpc) is 2.57. The molecule has 2 aliphatic heterocycles. The van der Waals surface area contributed by atoms with Crippen LogP contribution in [0.15, 0.2) is 4.79 Å². The Balaban J connectivity index is 2.10. The Morgan fingerprint density at radius 2 is 2.04 bits per heavy atom. The number of fused-ring (bicyclic) bond motifs is 2. The Kier molecular flexibility index (Phi) is 4.10. The molecule has 1 aromatic carbocycles. The minimum atomic E-state index is -0.749. The van der Waals surface area contributed by atoms with Crippen LogP contribution in [-0.2, 0) is 0 Å². The molecule has 1 aromatic heterocycles. The summed E-state index contributed by atoms with van der Waals surface area (Å²) in [5, 5.41) is 0.240. The van der Waals surface area contributed by atoms with Gasteiger partial charge in [0.2, 0.25) is 0 Å². The van der Waals surface area contributed by atoms with Crippen LogP contribution in [0.4, 0.5) is 14.6 Å². The maximum Gasteiger partial charge on any atom is 0.359 e. The number of hydrogen-bond donors (Lipinski definition) is 0. The second-order valence-corrected chi connectivity index (χ2v) is 7.52. The summed E-state index contributed by atoms with van der Waals surface area (Å²) < 4.78 is 36.4. The predicted molar refractivity (Wildman–Crippen MR) is 98.8 cm³/mol. The average molecular weight is 462 g/mol. The highest BCUT2D eigenvalue weighted by molar-refractivity contribution is 14.1. The third-order valence-electron chi connectivity index (χ3n) is 4.97. The first-order chi connectivity index (χ1) is 11.9. The summed E-state index contributed by atoms with van der Waals surface area (Å²) in [6.07, 6.45) is 0.677. The molecule has 1 saturated heterocycles. The Bertz CT molecular complexity index is 933. The van der Waals surface area contributed by atoms with E-state index >= 15 is 0 Å². The number of ether oxygens (including phenoxy) is 1. The summed E-state index contributed by atoms with van der Waals surface area (Å²) >= 11 is 1.70. The van der Waals surface area contributed by atoms with Gasteiger partial charge in [-0.15, -0.1) is 0 Å². The Morgan fingerprint density at radius 3 is 2.80 bits per heavy atom. The van der Waals surface area contributed by atoms with E-state index in [1.54, 1.807) is 22.9 Å². The largest absolute Gasteiger partial charge is 0.490 e. The first kappa shape index (κ1) is 17.0. The van der Waals surface area contributed by atoms with E-state index in [1.807, 2.05) is 11.9 Å². The van der Waals surface area contributed by atoms with Gasteiger partial charge in [-0.3, -0.25) is 0 Å². The third kappa shape index (κ3) is 2.50. The van der Waals surface area contributed by atoms with E-state index < -0.39 is 17.3 Å². The van der Waals surface area contributed by atoms with E-state index in [0.29, 0.717) is 25.4 Å². The van der Waals surface area contributed by atoms with Crippen LogP contribution in [0.25, 0.3) is 10.9 Å². The number of aromatic nitrogens is 2. The molecule has 0 aliphatic carbocycles. The fourth-order valence-electron chi connectivity index (χ4n) is 3.63. The van der Waals surface area contributed by atoms with Crippen LogP contribution in [0.5, 0.6) is 5.75 Å². The molecule has 0 saturated carbocycles.